The summed E-state index contributed by atoms with van der Waals surface area (Å²) >= 11 is 0. The molecule has 128 valence electrons. The van der Waals surface area contributed by atoms with E-state index in [-0.39, 0.29) is 5.41 Å². The van der Waals surface area contributed by atoms with Gasteiger partial charge in [0.15, 0.2) is 0 Å². The quantitative estimate of drug-likeness (QED) is 0.735. The molecule has 9 unspecified atom stereocenters. The molecule has 2 spiro atoms. The van der Waals surface area contributed by atoms with Crippen molar-refractivity contribution in [3.63, 3.8) is 0 Å². The van der Waals surface area contributed by atoms with E-state index in [4.69, 9.17) is 0 Å². The third-order valence-electron chi connectivity index (χ3n) is 11.2. The van der Waals surface area contributed by atoms with Crippen molar-refractivity contribution >= 4 is 5.78 Å². The number of benzene rings is 1. The van der Waals surface area contributed by atoms with E-state index in [1.165, 1.54) is 44.9 Å². The van der Waals surface area contributed by atoms with Crippen molar-refractivity contribution in [3.8, 4) is 0 Å². The first-order valence-electron chi connectivity index (χ1n) is 10.9. The van der Waals surface area contributed by atoms with Crippen LogP contribution in [0.5, 0.6) is 0 Å². The minimum atomic E-state index is 0.140. The molecule has 25 heavy (non-hydrogen) atoms. The van der Waals surface area contributed by atoms with Gasteiger partial charge in [0.1, 0.15) is 5.78 Å². The number of rotatable bonds is 1. The zero-order chi connectivity index (χ0) is 16.2. The Kier molecular flexibility index (Phi) is 1.84. The largest absolute Gasteiger partial charge is 0.299 e. The molecule has 7 bridgehead atoms. The van der Waals surface area contributed by atoms with Gasteiger partial charge in [-0.05, 0) is 72.2 Å². The molecule has 1 heteroatoms. The molecule has 8 saturated carbocycles. The smallest absolute Gasteiger partial charge is 0.143 e. The summed E-state index contributed by atoms with van der Waals surface area (Å²) in [5.41, 5.74) is 2.74. The Morgan fingerprint density at radius 1 is 0.760 bits per heavy atom. The second-order valence-corrected chi connectivity index (χ2v) is 10.8. The van der Waals surface area contributed by atoms with Gasteiger partial charge in [0.05, 0.1) is 0 Å². The van der Waals surface area contributed by atoms with Crippen LogP contribution < -0.4 is 0 Å². The van der Waals surface area contributed by atoms with Crippen molar-refractivity contribution in [2.75, 3.05) is 0 Å². The maximum atomic E-state index is 13.7. The van der Waals surface area contributed by atoms with Gasteiger partial charge in [-0.25, -0.2) is 0 Å². The van der Waals surface area contributed by atoms with E-state index in [0.29, 0.717) is 16.7 Å². The van der Waals surface area contributed by atoms with Gasteiger partial charge in [0, 0.05) is 16.7 Å². The zero-order valence-electron chi connectivity index (χ0n) is 14.8. The first-order chi connectivity index (χ1) is 12.3. The Labute approximate surface area is 149 Å². The summed E-state index contributed by atoms with van der Waals surface area (Å²) in [6, 6.07) is 11.5. The molecule has 0 amide bonds. The van der Waals surface area contributed by atoms with Gasteiger partial charge in [-0.2, -0.15) is 0 Å². The highest BCUT2D eigenvalue weighted by atomic mass is 16.1. The molecule has 1 aromatic rings. The van der Waals surface area contributed by atoms with Crippen LogP contribution >= 0.6 is 0 Å². The number of hydrogen-bond acceptors (Lipinski definition) is 1. The lowest BCUT2D eigenvalue weighted by Crippen LogP contribution is -2.44. The molecule has 9 atom stereocenters. The fourth-order valence-electron chi connectivity index (χ4n) is 11.7. The molecule has 9 rings (SSSR count). The summed E-state index contributed by atoms with van der Waals surface area (Å²) in [5.74, 6) is 6.16. The minimum absolute atomic E-state index is 0.140. The van der Waals surface area contributed by atoms with Gasteiger partial charge in [0.25, 0.3) is 0 Å². The predicted octanol–water partition coefficient (Wildman–Crippen LogP) is 4.61. The van der Waals surface area contributed by atoms with Crippen molar-refractivity contribution in [2.24, 2.45) is 52.3 Å². The van der Waals surface area contributed by atoms with Crippen molar-refractivity contribution in [2.45, 2.75) is 50.4 Å². The van der Waals surface area contributed by atoms with Crippen LogP contribution in [0.3, 0.4) is 0 Å². The third-order valence-corrected chi connectivity index (χ3v) is 11.2. The van der Waals surface area contributed by atoms with E-state index in [0.717, 1.165) is 41.3 Å². The number of hydrogen-bond donors (Lipinski definition) is 0. The van der Waals surface area contributed by atoms with E-state index in [1.807, 2.05) is 0 Å². The Hall–Kier alpha value is -1.11. The monoisotopic (exact) mass is 330 g/mol. The van der Waals surface area contributed by atoms with Gasteiger partial charge >= 0.3 is 0 Å². The van der Waals surface area contributed by atoms with Crippen molar-refractivity contribution in [1.29, 1.82) is 0 Å². The van der Waals surface area contributed by atoms with E-state index in [1.54, 1.807) is 5.56 Å². The van der Waals surface area contributed by atoms with Crippen LogP contribution in [0.1, 0.15) is 50.5 Å². The minimum Gasteiger partial charge on any atom is -0.299 e. The van der Waals surface area contributed by atoms with Crippen LogP contribution in [-0.4, -0.2) is 5.78 Å². The van der Waals surface area contributed by atoms with E-state index >= 15 is 0 Å². The molecule has 1 nitrogen and oxygen atoms in total. The fraction of sp³-hybridized carbons (Fsp3) is 0.708. The van der Waals surface area contributed by atoms with Crippen LogP contribution in [0.2, 0.25) is 0 Å². The maximum absolute atomic E-state index is 13.7. The van der Waals surface area contributed by atoms with Gasteiger partial charge in [-0.1, -0.05) is 49.6 Å². The first kappa shape index (κ1) is 13.1. The van der Waals surface area contributed by atoms with E-state index < -0.39 is 0 Å². The van der Waals surface area contributed by atoms with Crippen LogP contribution in [0.15, 0.2) is 30.3 Å². The molecule has 0 radical (unpaired) electrons. The van der Waals surface area contributed by atoms with Gasteiger partial charge in [0.2, 0.25) is 0 Å². The van der Waals surface area contributed by atoms with Gasteiger partial charge < -0.3 is 0 Å². The molecule has 0 heterocycles. The molecule has 8 fully saturated rings. The maximum Gasteiger partial charge on any atom is 0.143 e. The normalized spacial score (nSPS) is 60.0. The van der Waals surface area contributed by atoms with Crippen molar-refractivity contribution in [3.05, 3.63) is 35.9 Å². The van der Waals surface area contributed by atoms with Crippen LogP contribution in [0.25, 0.3) is 0 Å². The van der Waals surface area contributed by atoms with Crippen LogP contribution in [0, 0.1) is 52.3 Å². The number of carbonyl (C=O) groups excluding carboxylic acids is 1. The Morgan fingerprint density at radius 3 is 2.28 bits per heavy atom. The standard InChI is InChI=1S/C24H26O/c25-21-15-14-16-18-19(17(15)22(16)9-4-5-10-22)24(21)12-6-11-23(18,20(14)24)13-7-2-1-3-8-13/h1-3,7-8,14-20H,4-6,9-12H2. The lowest BCUT2D eigenvalue weighted by atomic mass is 9.57. The highest BCUT2D eigenvalue weighted by Gasteiger charge is 2.97. The average Bonchev–Trinajstić information content (AvgIpc) is 3.44. The molecule has 8 aliphatic carbocycles. The summed E-state index contributed by atoms with van der Waals surface area (Å²) in [7, 11) is 0. The number of Topliss-reactive ketones (excluding diaryl/α,β-unsaturated/α-hetero) is 1. The molecule has 0 aliphatic heterocycles. The molecule has 0 N–H and O–H groups in total. The van der Waals surface area contributed by atoms with Crippen LogP contribution in [0.4, 0.5) is 0 Å². The molecule has 0 saturated heterocycles. The average molecular weight is 330 g/mol. The molecular weight excluding hydrogens is 304 g/mol. The lowest BCUT2D eigenvalue weighted by Gasteiger charge is -2.45. The lowest BCUT2D eigenvalue weighted by molar-refractivity contribution is -0.128. The van der Waals surface area contributed by atoms with Crippen LogP contribution in [-0.2, 0) is 10.2 Å². The third kappa shape index (κ3) is 0.925. The van der Waals surface area contributed by atoms with Crippen molar-refractivity contribution in [1.82, 2.24) is 0 Å². The summed E-state index contributed by atoms with van der Waals surface area (Å²) in [6.07, 6.45) is 9.73. The Bertz CT molecular complexity index is 835. The molecule has 0 aromatic heterocycles. The summed E-state index contributed by atoms with van der Waals surface area (Å²) in [5, 5.41) is 0. The predicted molar refractivity (Wildman–Crippen MR) is 94.7 cm³/mol. The number of carbonyl (C=O) groups is 1. The highest BCUT2D eigenvalue weighted by molar-refractivity contribution is 5.97. The SMILES string of the molecule is O=C1C2C3C4C5C(C2C42CCCC2)C12CCCC5(c1ccccc1)C32. The highest BCUT2D eigenvalue weighted by Crippen LogP contribution is 2.97. The summed E-state index contributed by atoms with van der Waals surface area (Å²) in [4.78, 5) is 13.7. The van der Waals surface area contributed by atoms with E-state index in [9.17, 15) is 4.79 Å². The topological polar surface area (TPSA) is 17.1 Å². The van der Waals surface area contributed by atoms with E-state index in [2.05, 4.69) is 30.3 Å². The second-order valence-electron chi connectivity index (χ2n) is 10.8. The molecule has 8 aliphatic rings. The Morgan fingerprint density at radius 2 is 1.48 bits per heavy atom. The molecular formula is C24H26O. The van der Waals surface area contributed by atoms with Crippen molar-refractivity contribution < 1.29 is 4.79 Å². The summed E-state index contributed by atoms with van der Waals surface area (Å²) in [6.45, 7) is 0. The summed E-state index contributed by atoms with van der Waals surface area (Å²) < 4.78 is 0. The number of ketones is 1. The fourth-order valence-corrected chi connectivity index (χ4v) is 11.7. The zero-order valence-corrected chi connectivity index (χ0v) is 14.8. The second kappa shape index (κ2) is 3.51. The van der Waals surface area contributed by atoms with Gasteiger partial charge in [-0.3, -0.25) is 4.79 Å². The van der Waals surface area contributed by atoms with Gasteiger partial charge in [-0.15, -0.1) is 0 Å². The Balaban J connectivity index is 1.46. The first-order valence-corrected chi connectivity index (χ1v) is 10.9. The molecule has 1 aromatic carbocycles.